The number of rotatable bonds is 2. The molecule has 2 rings (SSSR count). The number of nitrogens with two attached hydrogens (primary N) is 1. The molecule has 2 aromatic rings. The molecule has 0 aliphatic heterocycles. The van der Waals surface area contributed by atoms with Gasteiger partial charge in [0.05, 0.1) is 4.21 Å². The van der Waals surface area contributed by atoms with Gasteiger partial charge in [-0.25, -0.2) is 4.98 Å². The highest BCUT2D eigenvalue weighted by molar-refractivity contribution is 8.01. The van der Waals surface area contributed by atoms with Gasteiger partial charge >= 0.3 is 0 Å². The van der Waals surface area contributed by atoms with Crippen LogP contribution in [-0.4, -0.2) is 9.97 Å². The first-order chi connectivity index (χ1) is 6.25. The van der Waals surface area contributed by atoms with E-state index in [1.165, 1.54) is 4.21 Å². The summed E-state index contributed by atoms with van der Waals surface area (Å²) in [6, 6.07) is 4.07. The Morgan fingerprint density at radius 1 is 1.62 bits per heavy atom. The molecule has 0 saturated carbocycles. The minimum Gasteiger partial charge on any atom is -0.383 e. The number of H-pyrrole nitrogens is 1. The zero-order valence-electron chi connectivity index (χ0n) is 7.07. The molecule has 0 bridgehead atoms. The maximum atomic E-state index is 5.72. The van der Waals surface area contributed by atoms with Crippen molar-refractivity contribution >= 4 is 28.9 Å². The second kappa shape index (κ2) is 3.43. The highest BCUT2D eigenvalue weighted by atomic mass is 32.2. The van der Waals surface area contributed by atoms with Crippen LogP contribution >= 0.6 is 23.1 Å². The Labute approximate surface area is 84.4 Å². The molecule has 5 heteroatoms. The summed E-state index contributed by atoms with van der Waals surface area (Å²) < 4.78 is 1.21. The smallest absolute Gasteiger partial charge is 0.144 e. The number of nitrogens with one attached hydrogen (secondary N) is 1. The average Bonchev–Trinajstić information content (AvgIpc) is 2.63. The van der Waals surface area contributed by atoms with Crippen LogP contribution in [0, 0.1) is 6.92 Å². The van der Waals surface area contributed by atoms with Gasteiger partial charge in [0.2, 0.25) is 0 Å². The number of nitrogen functional groups attached to an aromatic ring is 1. The van der Waals surface area contributed by atoms with E-state index in [1.54, 1.807) is 23.1 Å². The van der Waals surface area contributed by atoms with Crippen LogP contribution in [0.2, 0.25) is 0 Å². The lowest BCUT2D eigenvalue weighted by molar-refractivity contribution is 1.10. The van der Waals surface area contributed by atoms with Gasteiger partial charge in [-0.1, -0.05) is 17.8 Å². The van der Waals surface area contributed by atoms with Crippen molar-refractivity contribution in [1.82, 2.24) is 9.97 Å². The quantitative estimate of drug-likeness (QED) is 0.802. The minimum absolute atomic E-state index is 0.649. The highest BCUT2D eigenvalue weighted by Crippen LogP contribution is 2.32. The fourth-order valence-corrected chi connectivity index (χ4v) is 2.71. The molecule has 2 heterocycles. The van der Waals surface area contributed by atoms with Gasteiger partial charge in [0.15, 0.2) is 0 Å². The number of anilines is 1. The predicted octanol–water partition coefficient (Wildman–Crippen LogP) is 2.51. The summed E-state index contributed by atoms with van der Waals surface area (Å²) in [5.41, 5.74) is 5.72. The maximum Gasteiger partial charge on any atom is 0.144 e. The van der Waals surface area contributed by atoms with Gasteiger partial charge in [-0.05, 0) is 18.4 Å². The standard InChI is InChI=1S/C8H9N3S2/c1-5-10-7(9)8(11-5)13-6-3-2-4-12-6/h2-4H,9H2,1H3,(H,10,11). The molecule has 0 radical (unpaired) electrons. The molecule has 3 N–H and O–H groups in total. The largest absolute Gasteiger partial charge is 0.383 e. The SMILES string of the molecule is Cc1nc(Sc2cccs2)c(N)[nH]1. The second-order valence-electron chi connectivity index (χ2n) is 2.58. The molecule has 13 heavy (non-hydrogen) atoms. The summed E-state index contributed by atoms with van der Waals surface area (Å²) in [5.74, 6) is 1.51. The third-order valence-corrected chi connectivity index (χ3v) is 3.55. The number of hydrogen-bond acceptors (Lipinski definition) is 4. The van der Waals surface area contributed by atoms with Crippen molar-refractivity contribution in [1.29, 1.82) is 0 Å². The Bertz CT molecular complexity index is 391. The maximum absolute atomic E-state index is 5.72. The molecule has 0 amide bonds. The van der Waals surface area contributed by atoms with E-state index in [0.717, 1.165) is 10.9 Å². The second-order valence-corrected chi connectivity index (χ2v) is 4.81. The fraction of sp³-hybridized carbons (Fsp3) is 0.125. The Hall–Kier alpha value is -0.940. The first-order valence-electron chi connectivity index (χ1n) is 3.79. The Morgan fingerprint density at radius 3 is 3.00 bits per heavy atom. The van der Waals surface area contributed by atoms with Gasteiger partial charge in [0, 0.05) is 0 Å². The van der Waals surface area contributed by atoms with E-state index in [0.29, 0.717) is 5.82 Å². The summed E-state index contributed by atoms with van der Waals surface area (Å²) in [6.45, 7) is 1.90. The van der Waals surface area contributed by atoms with Crippen LogP contribution < -0.4 is 5.73 Å². The van der Waals surface area contributed by atoms with Crippen LogP contribution in [0.25, 0.3) is 0 Å². The van der Waals surface area contributed by atoms with Gasteiger partial charge in [0.25, 0.3) is 0 Å². The molecule has 0 saturated heterocycles. The number of nitrogens with zero attached hydrogens (tertiary/aromatic N) is 1. The number of aryl methyl sites for hydroxylation is 1. The van der Waals surface area contributed by atoms with E-state index >= 15 is 0 Å². The third kappa shape index (κ3) is 1.87. The van der Waals surface area contributed by atoms with Gasteiger partial charge in [-0.3, -0.25) is 0 Å². The molecule has 0 aliphatic rings. The number of thiophene rings is 1. The summed E-state index contributed by atoms with van der Waals surface area (Å²) in [5, 5.41) is 2.90. The van der Waals surface area contributed by atoms with E-state index in [-0.39, 0.29) is 0 Å². The molecular weight excluding hydrogens is 202 g/mol. The summed E-state index contributed by atoms with van der Waals surface area (Å²) in [7, 11) is 0. The highest BCUT2D eigenvalue weighted by Gasteiger charge is 2.06. The first-order valence-corrected chi connectivity index (χ1v) is 5.49. The van der Waals surface area contributed by atoms with Crippen molar-refractivity contribution in [2.24, 2.45) is 0 Å². The normalized spacial score (nSPS) is 10.5. The van der Waals surface area contributed by atoms with E-state index in [2.05, 4.69) is 16.0 Å². The van der Waals surface area contributed by atoms with E-state index in [9.17, 15) is 0 Å². The van der Waals surface area contributed by atoms with E-state index < -0.39 is 0 Å². The van der Waals surface area contributed by atoms with Gasteiger partial charge in [-0.15, -0.1) is 11.3 Å². The van der Waals surface area contributed by atoms with Gasteiger partial charge in [0.1, 0.15) is 16.7 Å². The predicted molar refractivity (Wildman–Crippen MR) is 56.2 cm³/mol. The molecule has 3 nitrogen and oxygen atoms in total. The molecule has 0 atom stereocenters. The lowest BCUT2D eigenvalue weighted by Gasteiger charge is -1.92. The molecule has 68 valence electrons. The Kier molecular flexibility index (Phi) is 2.28. The summed E-state index contributed by atoms with van der Waals surface area (Å²) in [4.78, 5) is 7.24. The molecule has 0 aromatic carbocycles. The van der Waals surface area contributed by atoms with Crippen molar-refractivity contribution in [3.63, 3.8) is 0 Å². The summed E-state index contributed by atoms with van der Waals surface area (Å²) in [6.07, 6.45) is 0. The van der Waals surface area contributed by atoms with Crippen LogP contribution in [0.1, 0.15) is 5.82 Å². The summed E-state index contributed by atoms with van der Waals surface area (Å²) >= 11 is 3.28. The third-order valence-electron chi connectivity index (χ3n) is 1.51. The molecule has 2 aromatic heterocycles. The van der Waals surface area contributed by atoms with Crippen molar-refractivity contribution < 1.29 is 0 Å². The van der Waals surface area contributed by atoms with Crippen molar-refractivity contribution in [3.05, 3.63) is 23.3 Å². The molecule has 0 fully saturated rings. The zero-order chi connectivity index (χ0) is 9.26. The first kappa shape index (κ1) is 8.65. The van der Waals surface area contributed by atoms with Crippen molar-refractivity contribution in [3.8, 4) is 0 Å². The fourth-order valence-electron chi connectivity index (χ4n) is 0.983. The van der Waals surface area contributed by atoms with Crippen LogP contribution in [0.4, 0.5) is 5.82 Å². The number of imidazole rings is 1. The van der Waals surface area contributed by atoms with E-state index in [1.807, 2.05) is 18.4 Å². The minimum atomic E-state index is 0.649. The van der Waals surface area contributed by atoms with E-state index in [4.69, 9.17) is 5.73 Å². The number of aromatic amines is 1. The van der Waals surface area contributed by atoms with Crippen molar-refractivity contribution in [2.75, 3.05) is 5.73 Å². The molecule has 0 aliphatic carbocycles. The molecule has 0 unspecified atom stereocenters. The van der Waals surface area contributed by atoms with Crippen LogP contribution in [0.3, 0.4) is 0 Å². The number of hydrogen-bond donors (Lipinski definition) is 2. The monoisotopic (exact) mass is 211 g/mol. The average molecular weight is 211 g/mol. The lowest BCUT2D eigenvalue weighted by atomic mass is 10.7. The van der Waals surface area contributed by atoms with Crippen LogP contribution in [-0.2, 0) is 0 Å². The lowest BCUT2D eigenvalue weighted by Crippen LogP contribution is -1.85. The van der Waals surface area contributed by atoms with Gasteiger partial charge in [-0.2, -0.15) is 0 Å². The molecule has 0 spiro atoms. The molecular formula is C8H9N3S2. The zero-order valence-corrected chi connectivity index (χ0v) is 8.71. The van der Waals surface area contributed by atoms with Crippen LogP contribution in [0.5, 0.6) is 0 Å². The Balaban J connectivity index is 2.23. The Morgan fingerprint density at radius 2 is 2.46 bits per heavy atom. The topological polar surface area (TPSA) is 54.7 Å². The van der Waals surface area contributed by atoms with Gasteiger partial charge < -0.3 is 10.7 Å². The van der Waals surface area contributed by atoms with Crippen LogP contribution in [0.15, 0.2) is 26.7 Å². The van der Waals surface area contributed by atoms with Crippen molar-refractivity contribution in [2.45, 2.75) is 16.2 Å². The number of aromatic nitrogens is 2.